The summed E-state index contributed by atoms with van der Waals surface area (Å²) in [7, 11) is 0. The van der Waals surface area contributed by atoms with Gasteiger partial charge in [-0.3, -0.25) is 0 Å². The number of aromatic nitrogens is 2. The summed E-state index contributed by atoms with van der Waals surface area (Å²) in [4.78, 5) is 4.26. The lowest BCUT2D eigenvalue weighted by Crippen LogP contribution is -2.29. The molecule has 2 aromatic rings. The molecule has 1 unspecified atom stereocenters. The number of nitrogens with one attached hydrogen (secondary N) is 1. The Labute approximate surface area is 123 Å². The Hall–Kier alpha value is -2.63. The lowest BCUT2D eigenvalue weighted by molar-refractivity contribution is 0.451. The second-order valence-electron chi connectivity index (χ2n) is 5.19. The van der Waals surface area contributed by atoms with Gasteiger partial charge < -0.3 is 9.88 Å². The molecule has 104 valence electrons. The van der Waals surface area contributed by atoms with Gasteiger partial charge in [0, 0.05) is 30.0 Å². The largest absolute Gasteiger partial charge is 0.316 e. The third-order valence-electron chi connectivity index (χ3n) is 3.90. The van der Waals surface area contributed by atoms with Gasteiger partial charge in [0.15, 0.2) is 0 Å². The van der Waals surface area contributed by atoms with Gasteiger partial charge in [-0.05, 0) is 37.6 Å². The maximum absolute atomic E-state index is 9.15. The van der Waals surface area contributed by atoms with Crippen LogP contribution < -0.4 is 5.32 Å². The quantitative estimate of drug-likeness (QED) is 0.911. The van der Waals surface area contributed by atoms with Crippen molar-refractivity contribution in [3.8, 4) is 17.8 Å². The van der Waals surface area contributed by atoms with Crippen molar-refractivity contribution in [1.29, 1.82) is 10.5 Å². The van der Waals surface area contributed by atoms with Gasteiger partial charge >= 0.3 is 0 Å². The molecule has 1 atom stereocenters. The van der Waals surface area contributed by atoms with Crippen molar-refractivity contribution in [3.05, 3.63) is 47.5 Å². The molecule has 1 aromatic carbocycles. The predicted molar refractivity (Wildman–Crippen MR) is 77.8 cm³/mol. The summed E-state index contributed by atoms with van der Waals surface area (Å²) in [5, 5.41) is 21.6. The normalized spacial score (nSPS) is 17.9. The van der Waals surface area contributed by atoms with Gasteiger partial charge in [-0.1, -0.05) is 0 Å². The standard InChI is InChI=1S/C16H15N5/c17-7-12-3-4-15(6-14(12)8-18)21-11-20-10-16(21)13-2-1-5-19-9-13/h3-4,6,10-11,13,19H,1-2,5,9H2. The topological polar surface area (TPSA) is 77.4 Å². The number of piperidine rings is 1. The molecule has 1 saturated heterocycles. The van der Waals surface area contributed by atoms with E-state index in [1.165, 1.54) is 0 Å². The Balaban J connectivity index is 2.00. The fourth-order valence-corrected chi connectivity index (χ4v) is 2.80. The number of rotatable bonds is 2. The van der Waals surface area contributed by atoms with Gasteiger partial charge in [0.2, 0.25) is 0 Å². The molecule has 1 aliphatic heterocycles. The fourth-order valence-electron chi connectivity index (χ4n) is 2.80. The van der Waals surface area contributed by atoms with Crippen LogP contribution in [-0.2, 0) is 0 Å². The highest BCUT2D eigenvalue weighted by atomic mass is 15.1. The number of benzene rings is 1. The van der Waals surface area contributed by atoms with Gasteiger partial charge in [-0.25, -0.2) is 4.98 Å². The number of hydrogen-bond donors (Lipinski definition) is 1. The molecule has 1 aromatic heterocycles. The molecule has 0 amide bonds. The monoisotopic (exact) mass is 277 g/mol. The zero-order valence-corrected chi connectivity index (χ0v) is 11.6. The van der Waals surface area contributed by atoms with E-state index >= 15 is 0 Å². The molecular weight excluding hydrogens is 262 g/mol. The van der Waals surface area contributed by atoms with Crippen LogP contribution in [0.1, 0.15) is 35.6 Å². The summed E-state index contributed by atoms with van der Waals surface area (Å²) in [6.45, 7) is 2.02. The lowest BCUT2D eigenvalue weighted by Gasteiger charge is -2.23. The maximum atomic E-state index is 9.15. The predicted octanol–water partition coefficient (Wildman–Crippen LogP) is 2.08. The average Bonchev–Trinajstić information content (AvgIpc) is 3.04. The summed E-state index contributed by atoms with van der Waals surface area (Å²) in [6, 6.07) is 9.42. The Bertz CT molecular complexity index is 726. The molecule has 1 fully saturated rings. The van der Waals surface area contributed by atoms with Crippen molar-refractivity contribution in [2.75, 3.05) is 13.1 Å². The number of hydrogen-bond acceptors (Lipinski definition) is 4. The third-order valence-corrected chi connectivity index (χ3v) is 3.90. The Morgan fingerprint density at radius 3 is 2.81 bits per heavy atom. The van der Waals surface area contributed by atoms with Gasteiger partial charge in [0.05, 0.1) is 17.5 Å². The summed E-state index contributed by atoms with van der Waals surface area (Å²) in [5.74, 6) is 0.433. The van der Waals surface area contributed by atoms with Crippen LogP contribution in [0.3, 0.4) is 0 Å². The van der Waals surface area contributed by atoms with E-state index in [1.807, 2.05) is 22.9 Å². The Kier molecular flexibility index (Phi) is 3.68. The molecule has 5 nitrogen and oxygen atoms in total. The van der Waals surface area contributed by atoms with E-state index in [1.54, 1.807) is 18.5 Å². The van der Waals surface area contributed by atoms with E-state index in [4.69, 9.17) is 10.5 Å². The molecule has 2 heterocycles. The molecule has 0 aliphatic carbocycles. The molecule has 21 heavy (non-hydrogen) atoms. The summed E-state index contributed by atoms with van der Waals surface area (Å²) in [6.07, 6.45) is 5.96. The Morgan fingerprint density at radius 1 is 1.24 bits per heavy atom. The second kappa shape index (κ2) is 5.78. The first-order valence-corrected chi connectivity index (χ1v) is 7.01. The minimum Gasteiger partial charge on any atom is -0.316 e. The van der Waals surface area contributed by atoms with Gasteiger partial charge in [0.1, 0.15) is 12.1 Å². The first-order valence-electron chi connectivity index (χ1n) is 7.01. The van der Waals surface area contributed by atoms with Crippen LogP contribution in [0, 0.1) is 22.7 Å². The van der Waals surface area contributed by atoms with Gasteiger partial charge in [-0.15, -0.1) is 0 Å². The van der Waals surface area contributed by atoms with Crippen LogP contribution in [0.4, 0.5) is 0 Å². The average molecular weight is 277 g/mol. The molecule has 0 bridgehead atoms. The van der Waals surface area contributed by atoms with E-state index in [9.17, 15) is 0 Å². The van der Waals surface area contributed by atoms with Gasteiger partial charge in [0.25, 0.3) is 0 Å². The fraction of sp³-hybridized carbons (Fsp3) is 0.312. The maximum Gasteiger partial charge on any atom is 0.101 e. The second-order valence-corrected chi connectivity index (χ2v) is 5.19. The smallest absolute Gasteiger partial charge is 0.101 e. The van der Waals surface area contributed by atoms with Crippen LogP contribution in [0.2, 0.25) is 0 Å². The van der Waals surface area contributed by atoms with Crippen molar-refractivity contribution in [2.24, 2.45) is 0 Å². The third kappa shape index (κ3) is 2.52. The van der Waals surface area contributed by atoms with Crippen LogP contribution in [0.15, 0.2) is 30.7 Å². The van der Waals surface area contributed by atoms with E-state index in [-0.39, 0.29) is 0 Å². The molecule has 3 rings (SSSR count). The lowest BCUT2D eigenvalue weighted by atomic mass is 9.96. The molecule has 1 N–H and O–H groups in total. The molecular formula is C16H15N5. The highest BCUT2D eigenvalue weighted by molar-refractivity contribution is 5.52. The van der Waals surface area contributed by atoms with Crippen LogP contribution in [-0.4, -0.2) is 22.6 Å². The van der Waals surface area contributed by atoms with E-state index in [2.05, 4.69) is 16.4 Å². The highest BCUT2D eigenvalue weighted by Crippen LogP contribution is 2.26. The molecule has 0 saturated carbocycles. The zero-order valence-electron chi connectivity index (χ0n) is 11.6. The highest BCUT2D eigenvalue weighted by Gasteiger charge is 2.19. The van der Waals surface area contributed by atoms with E-state index in [0.717, 1.165) is 37.3 Å². The van der Waals surface area contributed by atoms with Crippen molar-refractivity contribution in [3.63, 3.8) is 0 Å². The summed E-state index contributed by atoms with van der Waals surface area (Å²) >= 11 is 0. The van der Waals surface area contributed by atoms with Gasteiger partial charge in [-0.2, -0.15) is 10.5 Å². The van der Waals surface area contributed by atoms with Crippen LogP contribution in [0.5, 0.6) is 0 Å². The van der Waals surface area contributed by atoms with Crippen molar-refractivity contribution >= 4 is 0 Å². The zero-order chi connectivity index (χ0) is 14.7. The van der Waals surface area contributed by atoms with Crippen LogP contribution in [0.25, 0.3) is 5.69 Å². The van der Waals surface area contributed by atoms with Crippen molar-refractivity contribution < 1.29 is 0 Å². The van der Waals surface area contributed by atoms with Crippen molar-refractivity contribution in [1.82, 2.24) is 14.9 Å². The first-order chi connectivity index (χ1) is 10.3. The SMILES string of the molecule is N#Cc1ccc(-n2cncc2C2CCCNC2)cc1C#N. The number of imidazole rings is 1. The van der Waals surface area contributed by atoms with Crippen molar-refractivity contribution in [2.45, 2.75) is 18.8 Å². The minimum atomic E-state index is 0.399. The van der Waals surface area contributed by atoms with E-state index in [0.29, 0.717) is 17.0 Å². The molecule has 0 spiro atoms. The van der Waals surface area contributed by atoms with E-state index < -0.39 is 0 Å². The molecule has 1 aliphatic rings. The Morgan fingerprint density at radius 2 is 2.10 bits per heavy atom. The van der Waals surface area contributed by atoms with Crippen LogP contribution >= 0.6 is 0 Å². The molecule has 0 radical (unpaired) electrons. The molecule has 5 heteroatoms. The number of nitrogens with zero attached hydrogens (tertiary/aromatic N) is 4. The summed E-state index contributed by atoms with van der Waals surface area (Å²) < 4.78 is 2.01. The first kappa shape index (κ1) is 13.4. The summed E-state index contributed by atoms with van der Waals surface area (Å²) in [5.41, 5.74) is 2.83. The minimum absolute atomic E-state index is 0.399. The number of nitriles is 2.